The Kier molecular flexibility index (Phi) is 11.1. The molecule has 0 saturated heterocycles. The van der Waals surface area contributed by atoms with Crippen LogP contribution in [-0.4, -0.2) is 44.3 Å². The molecule has 4 aromatic carbocycles. The van der Waals surface area contributed by atoms with E-state index in [1.165, 1.54) is 35.2 Å². The molecule has 0 aliphatic rings. The molecule has 1 N–H and O–H groups in total. The Morgan fingerprint density at radius 2 is 1.52 bits per heavy atom. The second kappa shape index (κ2) is 15.0. The Morgan fingerprint density at radius 1 is 0.886 bits per heavy atom. The third-order valence-electron chi connectivity index (χ3n) is 7.18. The molecule has 0 bridgehead atoms. The van der Waals surface area contributed by atoms with Crippen LogP contribution in [0.4, 0.5) is 10.1 Å². The number of nitrogens with zero attached hydrogens (tertiary/aromatic N) is 2. The Hall–Kier alpha value is -4.21. The van der Waals surface area contributed by atoms with E-state index in [1.54, 1.807) is 49.4 Å². The monoisotopic (exact) mass is 635 g/mol. The Morgan fingerprint density at radius 3 is 2.18 bits per heavy atom. The van der Waals surface area contributed by atoms with E-state index in [2.05, 4.69) is 5.32 Å². The summed E-state index contributed by atoms with van der Waals surface area (Å²) in [5.74, 6) is -1.62. The fourth-order valence-electron chi connectivity index (χ4n) is 4.82. The van der Waals surface area contributed by atoms with E-state index in [9.17, 15) is 22.4 Å². The summed E-state index contributed by atoms with van der Waals surface area (Å²) in [5, 5.41) is 3.23. The van der Waals surface area contributed by atoms with Gasteiger partial charge in [0.25, 0.3) is 10.0 Å². The first-order chi connectivity index (χ1) is 21.1. The van der Waals surface area contributed by atoms with Gasteiger partial charge in [-0.05, 0) is 60.9 Å². The highest BCUT2D eigenvalue weighted by molar-refractivity contribution is 7.92. The second-order valence-electron chi connectivity index (χ2n) is 10.4. The minimum absolute atomic E-state index is 0.0554. The van der Waals surface area contributed by atoms with E-state index in [-0.39, 0.29) is 23.4 Å². The number of amides is 2. The van der Waals surface area contributed by atoms with Crippen LogP contribution in [-0.2, 0) is 32.6 Å². The maximum Gasteiger partial charge on any atom is 0.264 e. The summed E-state index contributed by atoms with van der Waals surface area (Å²) in [4.78, 5) is 29.3. The Balaban J connectivity index is 1.81. The predicted octanol–water partition coefficient (Wildman–Crippen LogP) is 6.15. The average Bonchev–Trinajstić information content (AvgIpc) is 3.02. The first-order valence-corrected chi connectivity index (χ1v) is 16.1. The average molecular weight is 636 g/mol. The van der Waals surface area contributed by atoms with Gasteiger partial charge in [-0.1, -0.05) is 85.3 Å². The van der Waals surface area contributed by atoms with Crippen molar-refractivity contribution < 1.29 is 22.4 Å². The molecule has 0 unspecified atom stereocenters. The normalized spacial score (nSPS) is 11.9. The van der Waals surface area contributed by atoms with Crippen LogP contribution in [0.1, 0.15) is 30.0 Å². The molecule has 1 atom stereocenters. The summed E-state index contributed by atoms with van der Waals surface area (Å²) >= 11 is 6.03. The lowest BCUT2D eigenvalue weighted by Crippen LogP contribution is -2.53. The zero-order valence-electron chi connectivity index (χ0n) is 24.6. The van der Waals surface area contributed by atoms with Crippen LogP contribution in [0.3, 0.4) is 0 Å². The summed E-state index contributed by atoms with van der Waals surface area (Å²) < 4.78 is 44.2. The first kappa shape index (κ1) is 32.7. The zero-order valence-corrected chi connectivity index (χ0v) is 26.2. The van der Waals surface area contributed by atoms with Crippen molar-refractivity contribution in [1.82, 2.24) is 10.2 Å². The van der Waals surface area contributed by atoms with E-state index >= 15 is 0 Å². The van der Waals surface area contributed by atoms with Crippen molar-refractivity contribution in [3.05, 3.63) is 131 Å². The van der Waals surface area contributed by atoms with Crippen molar-refractivity contribution >= 4 is 39.1 Å². The largest absolute Gasteiger partial charge is 0.354 e. The number of carbonyl (C=O) groups is 2. The van der Waals surface area contributed by atoms with E-state index in [1.807, 2.05) is 37.3 Å². The lowest BCUT2D eigenvalue weighted by molar-refractivity contribution is -0.140. The van der Waals surface area contributed by atoms with Gasteiger partial charge in [0.15, 0.2) is 0 Å². The van der Waals surface area contributed by atoms with Crippen molar-refractivity contribution in [1.29, 1.82) is 0 Å². The van der Waals surface area contributed by atoms with Crippen LogP contribution in [0.2, 0.25) is 5.02 Å². The molecular formula is C34H35ClFN3O4S. The molecule has 4 aromatic rings. The summed E-state index contributed by atoms with van der Waals surface area (Å²) in [6.45, 7) is 3.17. The number of benzene rings is 4. The number of aryl methyl sites for hydroxylation is 1. The summed E-state index contributed by atoms with van der Waals surface area (Å²) in [6, 6.07) is 26.7. The Bertz CT molecular complexity index is 1680. The molecule has 0 radical (unpaired) electrons. The lowest BCUT2D eigenvalue weighted by atomic mass is 10.0. The predicted molar refractivity (Wildman–Crippen MR) is 171 cm³/mol. The molecule has 0 heterocycles. The standard InChI is InChI=1S/C34H35ClFN3O4S/c1-3-21-37-34(41)32(22-26-12-5-4-6-13-26)38(23-27-14-8-9-15-30(27)36)33(40)24-39(31-16-10-7-11-25(31)2)44(42,43)29-19-17-28(35)18-20-29/h4-20,32H,3,21-24H2,1-2H3,(H,37,41)/t32-/m0/s1. The molecule has 10 heteroatoms. The second-order valence-corrected chi connectivity index (χ2v) is 12.7. The Labute approximate surface area is 263 Å². The van der Waals surface area contributed by atoms with Gasteiger partial charge in [-0.25, -0.2) is 12.8 Å². The van der Waals surface area contributed by atoms with Gasteiger partial charge in [0.05, 0.1) is 10.6 Å². The number of nitrogens with one attached hydrogen (secondary N) is 1. The smallest absolute Gasteiger partial charge is 0.264 e. The number of rotatable bonds is 13. The summed E-state index contributed by atoms with van der Waals surface area (Å²) in [7, 11) is -4.27. The van der Waals surface area contributed by atoms with Gasteiger partial charge in [-0.2, -0.15) is 0 Å². The van der Waals surface area contributed by atoms with Gasteiger partial charge in [0.2, 0.25) is 11.8 Å². The van der Waals surface area contributed by atoms with E-state index < -0.39 is 40.2 Å². The number of carbonyl (C=O) groups excluding carboxylic acids is 2. The lowest BCUT2D eigenvalue weighted by Gasteiger charge is -2.34. The highest BCUT2D eigenvalue weighted by Gasteiger charge is 2.35. The number of sulfonamides is 1. The fourth-order valence-corrected chi connectivity index (χ4v) is 6.43. The summed E-state index contributed by atoms with van der Waals surface area (Å²) in [5.41, 5.74) is 1.92. The highest BCUT2D eigenvalue weighted by Crippen LogP contribution is 2.28. The quantitative estimate of drug-likeness (QED) is 0.191. The molecule has 0 fully saturated rings. The SMILES string of the molecule is CCCNC(=O)[C@H](Cc1ccccc1)N(Cc1ccccc1F)C(=O)CN(c1ccccc1C)S(=O)(=O)c1ccc(Cl)cc1. The third-order valence-corrected chi connectivity index (χ3v) is 9.21. The van der Waals surface area contributed by atoms with Crippen molar-refractivity contribution in [2.75, 3.05) is 17.4 Å². The maximum atomic E-state index is 15.0. The molecule has 44 heavy (non-hydrogen) atoms. The van der Waals surface area contributed by atoms with Crippen LogP contribution in [0.25, 0.3) is 0 Å². The van der Waals surface area contributed by atoms with E-state index in [0.717, 1.165) is 9.87 Å². The van der Waals surface area contributed by atoms with Gasteiger partial charge in [0.1, 0.15) is 18.4 Å². The van der Waals surface area contributed by atoms with Crippen molar-refractivity contribution in [2.45, 2.75) is 44.2 Å². The van der Waals surface area contributed by atoms with Gasteiger partial charge in [0, 0.05) is 30.1 Å². The van der Waals surface area contributed by atoms with Gasteiger partial charge in [-0.3, -0.25) is 13.9 Å². The molecule has 230 valence electrons. The van der Waals surface area contributed by atoms with E-state index in [0.29, 0.717) is 29.2 Å². The minimum atomic E-state index is -4.27. The highest BCUT2D eigenvalue weighted by atomic mass is 35.5. The molecule has 2 amide bonds. The molecule has 7 nitrogen and oxygen atoms in total. The molecule has 0 saturated carbocycles. The van der Waals surface area contributed by atoms with Crippen LogP contribution < -0.4 is 9.62 Å². The fraction of sp³-hybridized carbons (Fsp3) is 0.235. The number of anilines is 1. The van der Waals surface area contributed by atoms with Gasteiger partial charge < -0.3 is 10.2 Å². The van der Waals surface area contributed by atoms with Crippen molar-refractivity contribution in [3.8, 4) is 0 Å². The van der Waals surface area contributed by atoms with Crippen LogP contribution >= 0.6 is 11.6 Å². The number of hydrogen-bond donors (Lipinski definition) is 1. The molecular weight excluding hydrogens is 601 g/mol. The van der Waals surface area contributed by atoms with Gasteiger partial charge >= 0.3 is 0 Å². The van der Waals surface area contributed by atoms with Crippen LogP contribution in [0.5, 0.6) is 0 Å². The molecule has 0 aliphatic carbocycles. The van der Waals surface area contributed by atoms with Crippen molar-refractivity contribution in [2.24, 2.45) is 0 Å². The third kappa shape index (κ3) is 8.03. The first-order valence-electron chi connectivity index (χ1n) is 14.3. The molecule has 0 spiro atoms. The molecule has 4 rings (SSSR count). The number of halogens is 2. The topological polar surface area (TPSA) is 86.8 Å². The van der Waals surface area contributed by atoms with Crippen LogP contribution in [0.15, 0.2) is 108 Å². The van der Waals surface area contributed by atoms with E-state index in [4.69, 9.17) is 11.6 Å². The minimum Gasteiger partial charge on any atom is -0.354 e. The zero-order chi connectivity index (χ0) is 31.7. The van der Waals surface area contributed by atoms with Gasteiger partial charge in [-0.15, -0.1) is 0 Å². The van der Waals surface area contributed by atoms with Crippen LogP contribution in [0, 0.1) is 12.7 Å². The number of hydrogen-bond acceptors (Lipinski definition) is 4. The maximum absolute atomic E-state index is 15.0. The molecule has 0 aliphatic heterocycles. The van der Waals surface area contributed by atoms with Crippen molar-refractivity contribution in [3.63, 3.8) is 0 Å². The number of para-hydroxylation sites is 1. The molecule has 0 aromatic heterocycles. The summed E-state index contributed by atoms with van der Waals surface area (Å²) in [6.07, 6.45) is 0.816.